The molecule has 0 saturated heterocycles. The van der Waals surface area contributed by atoms with Crippen molar-refractivity contribution in [3.8, 4) is 28.4 Å². The third-order valence-corrected chi connectivity index (χ3v) is 7.03. The Hall–Kier alpha value is -2.77. The number of ketones is 1. The van der Waals surface area contributed by atoms with Crippen LogP contribution in [0.2, 0.25) is 0 Å². The van der Waals surface area contributed by atoms with Gasteiger partial charge in [-0.3, -0.25) is 4.79 Å². The van der Waals surface area contributed by atoms with Gasteiger partial charge in [-0.25, -0.2) is 9.36 Å². The number of ether oxygens (including phenoxy) is 2. The van der Waals surface area contributed by atoms with Gasteiger partial charge in [-0.1, -0.05) is 36.6 Å². The molecule has 195 valence electrons. The van der Waals surface area contributed by atoms with Crippen LogP contribution < -0.4 is 19.6 Å². The summed E-state index contributed by atoms with van der Waals surface area (Å²) in [5.74, 6) is 1.18. The van der Waals surface area contributed by atoms with Gasteiger partial charge < -0.3 is 22.9 Å². The number of methoxy groups -OCH3 is 2. The molecular formula is C28H26O8PY-. The fraction of sp³-hybridized carbons (Fsp3) is 0.214. The number of rotatable bonds is 9. The second-order valence-electron chi connectivity index (χ2n) is 8.42. The molecule has 1 aromatic heterocycles. The Labute approximate surface area is 245 Å². The first-order valence-electron chi connectivity index (χ1n) is 11.3. The number of Topliss-reactive ketones (excluding diaryl/α,β-unsaturated/α-hetero) is 1. The first-order valence-corrected chi connectivity index (χ1v) is 13.3. The average Bonchev–Trinajstić information content (AvgIpc) is 2.89. The Morgan fingerprint density at radius 3 is 2.47 bits per heavy atom. The minimum Gasteiger partial charge on any atom is -0.497 e. The average molecular weight is 610 g/mol. The number of carbonyl (C=O) groups excluding carboxylic acids is 1. The van der Waals surface area contributed by atoms with Crippen LogP contribution >= 0.6 is 7.60 Å². The van der Waals surface area contributed by atoms with E-state index in [1.165, 1.54) is 13.8 Å². The molecule has 4 aromatic rings. The molecule has 0 bridgehead atoms. The smallest absolute Gasteiger partial charge is 0.373 e. The number of hydrogen-bond donors (Lipinski definition) is 0. The summed E-state index contributed by atoms with van der Waals surface area (Å²) in [6.07, 6.45) is -0.159. The van der Waals surface area contributed by atoms with Crippen molar-refractivity contribution in [2.75, 3.05) is 28.0 Å². The van der Waals surface area contributed by atoms with E-state index >= 15 is 0 Å². The third kappa shape index (κ3) is 6.62. The van der Waals surface area contributed by atoms with Gasteiger partial charge in [0.15, 0.2) is 5.78 Å². The third-order valence-electron chi connectivity index (χ3n) is 5.85. The zero-order chi connectivity index (χ0) is 26.7. The summed E-state index contributed by atoms with van der Waals surface area (Å²) < 4.78 is 38.7. The minimum absolute atomic E-state index is 0. The maximum atomic E-state index is 13.2. The van der Waals surface area contributed by atoms with E-state index in [1.54, 1.807) is 51.5 Å². The fourth-order valence-corrected chi connectivity index (χ4v) is 4.42. The van der Waals surface area contributed by atoms with Crippen LogP contribution in [0.4, 0.5) is 0 Å². The fourth-order valence-electron chi connectivity index (χ4n) is 3.83. The maximum Gasteiger partial charge on any atom is 0.373 e. The van der Waals surface area contributed by atoms with Crippen LogP contribution in [0.15, 0.2) is 63.8 Å². The molecule has 0 fully saturated rings. The predicted octanol–water partition coefficient (Wildman–Crippen LogP) is 5.86. The van der Waals surface area contributed by atoms with Crippen molar-refractivity contribution in [3.63, 3.8) is 0 Å². The van der Waals surface area contributed by atoms with E-state index in [2.05, 4.69) is 6.07 Å². The molecule has 0 saturated carbocycles. The molecule has 1 heterocycles. The summed E-state index contributed by atoms with van der Waals surface area (Å²) in [6.45, 7) is 3.07. The second kappa shape index (κ2) is 12.4. The van der Waals surface area contributed by atoms with E-state index in [0.29, 0.717) is 28.0 Å². The molecule has 4 rings (SSSR count). The van der Waals surface area contributed by atoms with E-state index in [4.69, 9.17) is 22.9 Å². The van der Waals surface area contributed by atoms with Crippen molar-refractivity contribution in [2.45, 2.75) is 13.3 Å². The molecular weight excluding hydrogens is 584 g/mol. The van der Waals surface area contributed by atoms with Gasteiger partial charge in [-0.05, 0) is 35.9 Å². The van der Waals surface area contributed by atoms with Crippen molar-refractivity contribution in [1.82, 2.24) is 0 Å². The zero-order valence-electron chi connectivity index (χ0n) is 21.7. The van der Waals surface area contributed by atoms with E-state index < -0.39 is 13.2 Å². The Bertz CT molecular complexity index is 1590. The molecule has 0 aliphatic heterocycles. The zero-order valence-corrected chi connectivity index (χ0v) is 25.4. The summed E-state index contributed by atoms with van der Waals surface area (Å²) in [5.41, 5.74) is 2.25. The van der Waals surface area contributed by atoms with Crippen molar-refractivity contribution in [3.05, 3.63) is 87.8 Å². The van der Waals surface area contributed by atoms with Crippen molar-refractivity contribution in [1.29, 1.82) is 0 Å². The second-order valence-corrected chi connectivity index (χ2v) is 10.5. The van der Waals surface area contributed by atoms with E-state index in [0.717, 1.165) is 11.1 Å². The van der Waals surface area contributed by atoms with Crippen LogP contribution in [0.1, 0.15) is 21.5 Å². The molecule has 1 radical (unpaired) electrons. The van der Waals surface area contributed by atoms with Gasteiger partial charge in [-0.15, -0.1) is 5.56 Å². The van der Waals surface area contributed by atoms with Crippen molar-refractivity contribution < 1.29 is 65.0 Å². The minimum atomic E-state index is -3.32. The van der Waals surface area contributed by atoms with Crippen LogP contribution in [0.5, 0.6) is 17.2 Å². The van der Waals surface area contributed by atoms with Gasteiger partial charge in [0.2, 0.25) is 0 Å². The van der Waals surface area contributed by atoms with Gasteiger partial charge >= 0.3 is 13.2 Å². The van der Waals surface area contributed by atoms with Crippen LogP contribution in [-0.2, 0) is 48.2 Å². The number of aryl methyl sites for hydroxylation is 1. The number of carbonyl (C=O) groups is 1. The van der Waals surface area contributed by atoms with Gasteiger partial charge in [0.1, 0.15) is 11.5 Å². The Kier molecular flexibility index (Phi) is 9.71. The molecule has 8 nitrogen and oxygen atoms in total. The predicted molar refractivity (Wildman–Crippen MR) is 140 cm³/mol. The first-order chi connectivity index (χ1) is 17.6. The molecule has 0 N–H and O–H groups in total. The first kappa shape index (κ1) is 29.8. The molecule has 0 amide bonds. The largest absolute Gasteiger partial charge is 0.497 e. The molecule has 10 heteroatoms. The number of hydrogen-bond acceptors (Lipinski definition) is 8. The Balaban J connectivity index is 0.00000400. The summed E-state index contributed by atoms with van der Waals surface area (Å²) >= 11 is 0. The SMILES string of the molecule is COc1cccc(-c2cc(C(=O)Cc3cc4cc(C)c(OP(C)(=O)OC)[c-]c4oc3=O)ccc2OC)c1.[Y]. The molecule has 38 heavy (non-hydrogen) atoms. The molecule has 1 atom stereocenters. The Morgan fingerprint density at radius 1 is 1.03 bits per heavy atom. The number of fused-ring (bicyclic) bond motifs is 1. The van der Waals surface area contributed by atoms with E-state index in [1.807, 2.05) is 24.3 Å². The van der Waals surface area contributed by atoms with Crippen LogP contribution in [-0.4, -0.2) is 33.8 Å². The van der Waals surface area contributed by atoms with Gasteiger partial charge in [0.05, 0.1) is 14.2 Å². The van der Waals surface area contributed by atoms with Gasteiger partial charge in [-0.2, -0.15) is 6.07 Å². The Morgan fingerprint density at radius 2 is 1.79 bits per heavy atom. The van der Waals surface area contributed by atoms with E-state index in [-0.39, 0.29) is 61.8 Å². The number of benzene rings is 3. The quantitative estimate of drug-likeness (QED) is 0.101. The van der Waals surface area contributed by atoms with Crippen LogP contribution in [0.3, 0.4) is 0 Å². The van der Waals surface area contributed by atoms with Crippen LogP contribution in [0, 0.1) is 13.0 Å². The topological polar surface area (TPSA) is 101 Å². The standard InChI is InChI=1S/C28H26O8P.Y/c1-17-11-20-12-21(28(30)35-27(20)16-26(17)36-37(5,31)34-4)15-24(29)19-9-10-25(33-3)23(14-19)18-7-6-8-22(13-18)32-2;/h6-14H,15H2,1-5H3;/q-1;. The summed E-state index contributed by atoms with van der Waals surface area (Å²) in [4.78, 5) is 25.9. The van der Waals surface area contributed by atoms with E-state index in [9.17, 15) is 14.2 Å². The normalized spacial score (nSPS) is 12.3. The summed E-state index contributed by atoms with van der Waals surface area (Å²) in [7, 11) is 1.10. The van der Waals surface area contributed by atoms with Crippen LogP contribution in [0.25, 0.3) is 22.1 Å². The van der Waals surface area contributed by atoms with Crippen molar-refractivity contribution in [2.24, 2.45) is 0 Å². The molecule has 0 aliphatic rings. The molecule has 3 aromatic carbocycles. The van der Waals surface area contributed by atoms with Gasteiger partial charge in [0, 0.05) is 80.9 Å². The summed E-state index contributed by atoms with van der Waals surface area (Å²) in [5, 5.41) is 0.558. The molecule has 0 aliphatic carbocycles. The molecule has 1 unspecified atom stereocenters. The monoisotopic (exact) mass is 610 g/mol. The maximum absolute atomic E-state index is 13.2. The summed E-state index contributed by atoms with van der Waals surface area (Å²) in [6, 6.07) is 18.7. The van der Waals surface area contributed by atoms with Gasteiger partial charge in [0.25, 0.3) is 0 Å². The molecule has 0 spiro atoms. The van der Waals surface area contributed by atoms with Crippen molar-refractivity contribution >= 4 is 24.3 Å².